The summed E-state index contributed by atoms with van der Waals surface area (Å²) in [5, 5.41) is 47.7. The molecular formula is C48H52Cl2F2N8O6. The number of aromatic nitrogens is 2. The van der Waals surface area contributed by atoms with Crippen LogP contribution in [0.15, 0.2) is 93.3 Å². The quantitative estimate of drug-likeness (QED) is 0.0825. The van der Waals surface area contributed by atoms with Gasteiger partial charge in [-0.3, -0.25) is 14.5 Å². The lowest BCUT2D eigenvalue weighted by molar-refractivity contribution is -0.120. The maximum Gasteiger partial charge on any atom is 0.271 e. The number of carbonyl (C=O) groups is 2. The van der Waals surface area contributed by atoms with Gasteiger partial charge in [0.15, 0.2) is 11.4 Å². The van der Waals surface area contributed by atoms with Gasteiger partial charge in [0.05, 0.1) is 43.7 Å². The minimum absolute atomic E-state index is 0.0120. The number of piperidine rings is 2. The van der Waals surface area contributed by atoms with Crippen LogP contribution in [0.1, 0.15) is 75.3 Å². The number of amides is 2. The number of aromatic amines is 1. The summed E-state index contributed by atoms with van der Waals surface area (Å²) in [5.74, 6) is -3.21. The Morgan fingerprint density at radius 3 is 1.76 bits per heavy atom. The molecule has 0 spiro atoms. The molecule has 0 radical (unpaired) electrons. The minimum atomic E-state index is -0.638. The van der Waals surface area contributed by atoms with Crippen molar-refractivity contribution >= 4 is 68.2 Å². The molecule has 0 bridgehead atoms. The highest BCUT2D eigenvalue weighted by molar-refractivity contribution is 6.38. The van der Waals surface area contributed by atoms with E-state index in [1.54, 1.807) is 30.5 Å². The molecule has 2 amide bonds. The van der Waals surface area contributed by atoms with E-state index in [0.29, 0.717) is 51.5 Å². The molecule has 2 saturated heterocycles. The Bertz CT molecular complexity index is 2710. The van der Waals surface area contributed by atoms with Crippen LogP contribution in [-0.2, 0) is 16.1 Å². The van der Waals surface area contributed by atoms with Crippen LogP contribution in [0.4, 0.5) is 20.2 Å². The Morgan fingerprint density at radius 2 is 1.20 bits per heavy atom. The second kappa shape index (κ2) is 22.0. The highest BCUT2D eigenvalue weighted by Gasteiger charge is 2.25. The molecule has 2 unspecified atom stereocenters. The van der Waals surface area contributed by atoms with Crippen molar-refractivity contribution < 1.29 is 38.4 Å². The molecule has 2 fully saturated rings. The Balaban J connectivity index is 0.000000221. The fourth-order valence-corrected chi connectivity index (χ4v) is 8.70. The number of likely N-dealkylation sites (tertiary alicyclic amines) is 2. The van der Waals surface area contributed by atoms with Gasteiger partial charge < -0.3 is 34.5 Å². The van der Waals surface area contributed by atoms with Gasteiger partial charge in [0.2, 0.25) is 11.8 Å². The third-order valence-electron chi connectivity index (χ3n) is 12.1. The standard InChI is InChI=1S/C31H39ClFN5O3.C17H13ClFN3O3/c1-22(23-8-10-24(33)11-9-23)30(39)35-34-29-27-25(38(31(29)40)19-18-36-14-4-2-5-15-36)12-13-26(28(27)32)41-21-20-37-16-6-3-7-17-37;1-8(9-2-4-10(19)5-3-9)16(24)22-21-15-13-11(20-17(15)25)6-7-12(23)14(13)18/h8-13,22,40H,2-7,14-21H2,1H3;2-8,20,23,25H,1H3. The zero-order chi connectivity index (χ0) is 46.9. The minimum Gasteiger partial charge on any atom is -0.506 e. The number of H-pyrrole nitrogens is 1. The zero-order valence-corrected chi connectivity index (χ0v) is 38.2. The van der Waals surface area contributed by atoms with Crippen LogP contribution in [0.25, 0.3) is 21.8 Å². The number of nitrogens with one attached hydrogen (secondary N) is 1. The molecule has 4 heterocycles. The van der Waals surface area contributed by atoms with E-state index in [4.69, 9.17) is 27.9 Å². The van der Waals surface area contributed by atoms with Crippen LogP contribution in [0, 0.1) is 11.6 Å². The maximum atomic E-state index is 13.4. The Hall–Kier alpha value is -5.94. The third kappa shape index (κ3) is 11.3. The predicted octanol–water partition coefficient (Wildman–Crippen LogP) is 11.7. The molecule has 348 valence electrons. The SMILES string of the molecule is CC(C(=O)N=Nc1c(O)[nH]c2ccc(O)c(Cl)c12)c1ccc(F)cc1.CC(C(=O)N=Nc1c(O)n(CCN2CCCCC2)c2ccc(OCCN3CCCCC3)c(Cl)c12)c1ccc(F)cc1. The van der Waals surface area contributed by atoms with E-state index in [1.165, 1.54) is 87.1 Å². The summed E-state index contributed by atoms with van der Waals surface area (Å²) in [6.45, 7) is 10.2. The van der Waals surface area contributed by atoms with Gasteiger partial charge >= 0.3 is 0 Å². The molecule has 2 atom stereocenters. The van der Waals surface area contributed by atoms with Crippen molar-refractivity contribution in [1.29, 1.82) is 0 Å². The molecular weight excluding hydrogens is 893 g/mol. The van der Waals surface area contributed by atoms with Crippen molar-refractivity contribution in [3.05, 3.63) is 106 Å². The van der Waals surface area contributed by atoms with E-state index in [-0.39, 0.29) is 45.1 Å². The normalized spacial score (nSPS) is 15.9. The van der Waals surface area contributed by atoms with Gasteiger partial charge in [-0.05, 0) is 125 Å². The van der Waals surface area contributed by atoms with E-state index in [9.17, 15) is 33.7 Å². The average molecular weight is 946 g/mol. The molecule has 4 aromatic carbocycles. The molecule has 0 saturated carbocycles. The van der Waals surface area contributed by atoms with Crippen LogP contribution in [-0.4, -0.2) is 92.4 Å². The topological polar surface area (TPSA) is 181 Å². The number of aromatic hydroxyl groups is 3. The molecule has 66 heavy (non-hydrogen) atoms. The highest BCUT2D eigenvalue weighted by Crippen LogP contribution is 2.46. The van der Waals surface area contributed by atoms with E-state index in [0.717, 1.165) is 39.3 Å². The van der Waals surface area contributed by atoms with Crippen LogP contribution >= 0.6 is 23.2 Å². The highest BCUT2D eigenvalue weighted by atomic mass is 35.5. The molecule has 2 aliphatic rings. The summed E-state index contributed by atoms with van der Waals surface area (Å²) >= 11 is 12.9. The molecule has 18 heteroatoms. The van der Waals surface area contributed by atoms with Crippen molar-refractivity contribution in [2.24, 2.45) is 20.5 Å². The number of carbonyl (C=O) groups excluding carboxylic acids is 2. The van der Waals surface area contributed by atoms with Crippen molar-refractivity contribution in [3.8, 4) is 23.3 Å². The van der Waals surface area contributed by atoms with E-state index in [1.807, 2.05) is 12.1 Å². The number of phenols is 1. The first kappa shape index (κ1) is 48.0. The summed E-state index contributed by atoms with van der Waals surface area (Å²) in [6.07, 6.45) is 7.31. The first-order valence-corrected chi connectivity index (χ1v) is 22.8. The van der Waals surface area contributed by atoms with Crippen molar-refractivity contribution in [2.75, 3.05) is 45.9 Å². The van der Waals surface area contributed by atoms with Gasteiger partial charge in [-0.15, -0.1) is 20.5 Å². The van der Waals surface area contributed by atoms with Gasteiger partial charge in [-0.2, -0.15) is 0 Å². The molecule has 14 nitrogen and oxygen atoms in total. The summed E-state index contributed by atoms with van der Waals surface area (Å²) in [5.41, 5.74) is 2.46. The fraction of sp³-hybridized carbons (Fsp3) is 0.375. The smallest absolute Gasteiger partial charge is 0.271 e. The Kier molecular flexibility index (Phi) is 16.0. The fourth-order valence-electron chi connectivity index (χ4n) is 8.14. The number of hydrogen-bond acceptors (Lipinski definition) is 10. The first-order chi connectivity index (χ1) is 31.8. The van der Waals surface area contributed by atoms with E-state index in [2.05, 4.69) is 35.2 Å². The van der Waals surface area contributed by atoms with Gasteiger partial charge in [-0.1, -0.05) is 60.3 Å². The summed E-state index contributed by atoms with van der Waals surface area (Å²) in [4.78, 5) is 32.5. The summed E-state index contributed by atoms with van der Waals surface area (Å²) in [7, 11) is 0. The van der Waals surface area contributed by atoms with Gasteiger partial charge in [0, 0.05) is 19.6 Å². The maximum absolute atomic E-state index is 13.4. The second-order valence-corrected chi connectivity index (χ2v) is 17.3. The lowest BCUT2D eigenvalue weighted by atomic mass is 10.0. The first-order valence-electron chi connectivity index (χ1n) is 22.1. The lowest BCUT2D eigenvalue weighted by Gasteiger charge is -2.26. The van der Waals surface area contributed by atoms with Crippen LogP contribution in [0.3, 0.4) is 0 Å². The summed E-state index contributed by atoms with van der Waals surface area (Å²) in [6, 6.07) is 17.8. The predicted molar refractivity (Wildman–Crippen MR) is 250 cm³/mol. The number of phenolic OH excluding ortho intramolecular Hbond substituents is 1. The lowest BCUT2D eigenvalue weighted by Crippen LogP contribution is -2.33. The van der Waals surface area contributed by atoms with Crippen molar-refractivity contribution in [2.45, 2.75) is 70.8 Å². The largest absolute Gasteiger partial charge is 0.506 e. The number of benzene rings is 4. The Morgan fingerprint density at radius 1 is 0.667 bits per heavy atom. The van der Waals surface area contributed by atoms with Crippen molar-refractivity contribution in [1.82, 2.24) is 19.4 Å². The number of nitrogens with zero attached hydrogens (tertiary/aromatic N) is 7. The monoisotopic (exact) mass is 944 g/mol. The van der Waals surface area contributed by atoms with Gasteiger partial charge in [0.1, 0.15) is 29.7 Å². The van der Waals surface area contributed by atoms with Crippen molar-refractivity contribution in [3.63, 3.8) is 0 Å². The Labute approximate surface area is 390 Å². The molecule has 8 rings (SSSR count). The molecule has 0 aliphatic carbocycles. The second-order valence-electron chi connectivity index (χ2n) is 16.5. The molecule has 6 aromatic rings. The van der Waals surface area contributed by atoms with Crippen LogP contribution < -0.4 is 4.74 Å². The number of rotatable bonds is 13. The molecule has 2 aliphatic heterocycles. The molecule has 2 aromatic heterocycles. The number of hydrogen-bond donors (Lipinski definition) is 4. The van der Waals surface area contributed by atoms with Crippen LogP contribution in [0.5, 0.6) is 23.3 Å². The molecule has 4 N–H and O–H groups in total. The summed E-state index contributed by atoms with van der Waals surface area (Å²) < 4.78 is 34.2. The van der Waals surface area contributed by atoms with E-state index < -0.39 is 29.5 Å². The average Bonchev–Trinajstić information content (AvgIpc) is 3.80. The number of fused-ring (bicyclic) bond motifs is 2. The van der Waals surface area contributed by atoms with Gasteiger partial charge in [-0.25, -0.2) is 8.78 Å². The number of ether oxygens (including phenoxy) is 1. The van der Waals surface area contributed by atoms with Crippen LogP contribution in [0.2, 0.25) is 10.0 Å². The zero-order valence-electron chi connectivity index (χ0n) is 36.7. The number of halogens is 4. The third-order valence-corrected chi connectivity index (χ3v) is 12.9. The van der Waals surface area contributed by atoms with E-state index >= 15 is 0 Å². The van der Waals surface area contributed by atoms with Gasteiger partial charge in [0.25, 0.3) is 11.8 Å². The number of azo groups is 2.